The SMILES string of the molecule is COc1cc(C2=NO[C@@H](OC[C@H]3O[C@@H]4OC(C)(C)O[C@@H]4[C@H]4OC(C)(C)O[C@H]43)C2)cc(OC)c1OC. The Morgan fingerprint density at radius 3 is 2.14 bits per heavy atom. The Hall–Kier alpha value is -2.15. The molecule has 3 saturated heterocycles. The van der Waals surface area contributed by atoms with E-state index in [4.69, 9.17) is 47.5 Å². The van der Waals surface area contributed by atoms with Gasteiger partial charge in [-0.25, -0.2) is 0 Å². The minimum absolute atomic E-state index is 0.205. The van der Waals surface area contributed by atoms with Crippen molar-refractivity contribution in [2.45, 2.75) is 82.7 Å². The van der Waals surface area contributed by atoms with Crippen molar-refractivity contribution in [1.82, 2.24) is 0 Å². The molecule has 0 aromatic heterocycles. The van der Waals surface area contributed by atoms with Crippen molar-refractivity contribution in [2.75, 3.05) is 27.9 Å². The number of methoxy groups -OCH3 is 3. The molecule has 6 atom stereocenters. The third kappa shape index (κ3) is 4.68. The summed E-state index contributed by atoms with van der Waals surface area (Å²) in [4.78, 5) is 5.56. The number of fused-ring (bicyclic) bond motifs is 3. The van der Waals surface area contributed by atoms with E-state index in [1.165, 1.54) is 0 Å². The van der Waals surface area contributed by atoms with E-state index in [9.17, 15) is 0 Å². The van der Waals surface area contributed by atoms with Crippen molar-refractivity contribution in [3.8, 4) is 17.2 Å². The van der Waals surface area contributed by atoms with Crippen LogP contribution in [0, 0.1) is 0 Å². The largest absolute Gasteiger partial charge is 0.493 e. The highest BCUT2D eigenvalue weighted by Gasteiger charge is 2.60. The van der Waals surface area contributed by atoms with Crippen molar-refractivity contribution in [3.63, 3.8) is 0 Å². The molecule has 194 valence electrons. The molecule has 0 spiro atoms. The van der Waals surface area contributed by atoms with Gasteiger partial charge in [0, 0.05) is 5.56 Å². The maximum atomic E-state index is 6.19. The predicted octanol–water partition coefficient (Wildman–Crippen LogP) is 2.58. The lowest BCUT2D eigenvalue weighted by Gasteiger charge is -2.37. The lowest BCUT2D eigenvalue weighted by Crippen LogP contribution is -2.56. The number of benzene rings is 1. The van der Waals surface area contributed by atoms with Gasteiger partial charge in [0.15, 0.2) is 29.4 Å². The number of ether oxygens (including phenoxy) is 9. The van der Waals surface area contributed by atoms with Gasteiger partial charge in [0.05, 0.1) is 40.1 Å². The third-order valence-corrected chi connectivity index (χ3v) is 6.34. The zero-order valence-corrected chi connectivity index (χ0v) is 21.1. The highest BCUT2D eigenvalue weighted by molar-refractivity contribution is 6.02. The molecule has 1 aromatic rings. The molecule has 11 nitrogen and oxygen atoms in total. The van der Waals surface area contributed by atoms with Crippen LogP contribution in [-0.4, -0.2) is 82.2 Å². The zero-order chi connectivity index (χ0) is 25.0. The second-order valence-electron chi connectivity index (χ2n) is 9.73. The fraction of sp³-hybridized carbons (Fsp3) is 0.708. The Morgan fingerprint density at radius 1 is 0.857 bits per heavy atom. The summed E-state index contributed by atoms with van der Waals surface area (Å²) < 4.78 is 52.8. The Bertz CT molecular complexity index is 954. The molecular formula is C24H33NO10. The summed E-state index contributed by atoms with van der Waals surface area (Å²) >= 11 is 0. The summed E-state index contributed by atoms with van der Waals surface area (Å²) in [6, 6.07) is 3.65. The van der Waals surface area contributed by atoms with E-state index in [0.29, 0.717) is 29.4 Å². The van der Waals surface area contributed by atoms with Crippen molar-refractivity contribution in [3.05, 3.63) is 17.7 Å². The van der Waals surface area contributed by atoms with E-state index in [-0.39, 0.29) is 24.9 Å². The first-order valence-electron chi connectivity index (χ1n) is 11.6. The van der Waals surface area contributed by atoms with Gasteiger partial charge in [0.1, 0.15) is 24.4 Å². The van der Waals surface area contributed by atoms with Crippen molar-refractivity contribution in [2.24, 2.45) is 5.16 Å². The summed E-state index contributed by atoms with van der Waals surface area (Å²) in [6.07, 6.45) is -2.26. The highest BCUT2D eigenvalue weighted by atomic mass is 16.9. The monoisotopic (exact) mass is 495 g/mol. The molecule has 11 heteroatoms. The van der Waals surface area contributed by atoms with E-state index in [0.717, 1.165) is 5.56 Å². The predicted molar refractivity (Wildman–Crippen MR) is 121 cm³/mol. The summed E-state index contributed by atoms with van der Waals surface area (Å²) in [5.74, 6) is 0.0370. The average Bonchev–Trinajstić information content (AvgIpc) is 3.50. The molecule has 1 aromatic carbocycles. The van der Waals surface area contributed by atoms with Crippen LogP contribution in [-0.2, 0) is 33.3 Å². The van der Waals surface area contributed by atoms with Crippen LogP contribution in [0.4, 0.5) is 0 Å². The molecule has 0 radical (unpaired) electrons. The quantitative estimate of drug-likeness (QED) is 0.560. The Labute approximate surface area is 204 Å². The fourth-order valence-electron chi connectivity index (χ4n) is 4.89. The Kier molecular flexibility index (Phi) is 6.35. The molecule has 4 heterocycles. The van der Waals surface area contributed by atoms with Gasteiger partial charge < -0.3 is 47.5 Å². The smallest absolute Gasteiger partial charge is 0.232 e. The second kappa shape index (κ2) is 9.06. The summed E-state index contributed by atoms with van der Waals surface area (Å²) in [5.41, 5.74) is 1.49. The number of hydrogen-bond acceptors (Lipinski definition) is 11. The average molecular weight is 496 g/mol. The van der Waals surface area contributed by atoms with E-state index in [1.54, 1.807) is 21.3 Å². The molecule has 0 saturated carbocycles. The van der Waals surface area contributed by atoms with E-state index in [1.807, 2.05) is 39.8 Å². The first kappa shape index (κ1) is 24.5. The molecule has 0 unspecified atom stereocenters. The van der Waals surface area contributed by atoms with Gasteiger partial charge in [-0.1, -0.05) is 5.16 Å². The number of rotatable bonds is 7. The molecule has 5 rings (SSSR count). The highest BCUT2D eigenvalue weighted by Crippen LogP contribution is 2.44. The van der Waals surface area contributed by atoms with Gasteiger partial charge in [-0.05, 0) is 39.8 Å². The van der Waals surface area contributed by atoms with Crippen LogP contribution in [0.15, 0.2) is 17.3 Å². The zero-order valence-electron chi connectivity index (χ0n) is 21.1. The van der Waals surface area contributed by atoms with Crippen LogP contribution >= 0.6 is 0 Å². The van der Waals surface area contributed by atoms with Crippen LogP contribution in [0.1, 0.15) is 39.7 Å². The minimum atomic E-state index is -0.774. The molecule has 0 amide bonds. The van der Waals surface area contributed by atoms with Gasteiger partial charge in [0.2, 0.25) is 12.0 Å². The maximum Gasteiger partial charge on any atom is 0.232 e. The Morgan fingerprint density at radius 2 is 1.49 bits per heavy atom. The lowest BCUT2D eigenvalue weighted by molar-refractivity contribution is -0.254. The molecule has 0 N–H and O–H groups in total. The molecule has 0 aliphatic carbocycles. The summed E-state index contributed by atoms with van der Waals surface area (Å²) in [5, 5.41) is 4.22. The van der Waals surface area contributed by atoms with Crippen molar-refractivity contribution < 1.29 is 47.5 Å². The number of oxime groups is 1. The molecular weight excluding hydrogens is 462 g/mol. The topological polar surface area (TPSA) is 105 Å². The normalized spacial score (nSPS) is 34.5. The van der Waals surface area contributed by atoms with E-state index < -0.39 is 30.3 Å². The van der Waals surface area contributed by atoms with Crippen LogP contribution in [0.2, 0.25) is 0 Å². The molecule has 35 heavy (non-hydrogen) atoms. The third-order valence-electron chi connectivity index (χ3n) is 6.34. The first-order chi connectivity index (χ1) is 16.6. The van der Waals surface area contributed by atoms with Crippen LogP contribution < -0.4 is 14.2 Å². The number of nitrogens with zero attached hydrogens (tertiary/aromatic N) is 1. The number of hydrogen-bond donors (Lipinski definition) is 0. The molecule has 0 bridgehead atoms. The van der Waals surface area contributed by atoms with E-state index >= 15 is 0 Å². The van der Waals surface area contributed by atoms with Crippen LogP contribution in [0.25, 0.3) is 0 Å². The second-order valence-corrected chi connectivity index (χ2v) is 9.73. The molecule has 4 aliphatic rings. The van der Waals surface area contributed by atoms with E-state index in [2.05, 4.69) is 5.16 Å². The fourth-order valence-corrected chi connectivity index (χ4v) is 4.89. The van der Waals surface area contributed by atoms with Gasteiger partial charge in [0.25, 0.3) is 0 Å². The summed E-state index contributed by atoms with van der Waals surface area (Å²) in [7, 11) is 4.70. The minimum Gasteiger partial charge on any atom is -0.493 e. The van der Waals surface area contributed by atoms with Gasteiger partial charge in [-0.2, -0.15) is 0 Å². The van der Waals surface area contributed by atoms with Gasteiger partial charge >= 0.3 is 0 Å². The Balaban J connectivity index is 1.24. The van der Waals surface area contributed by atoms with Crippen molar-refractivity contribution >= 4 is 5.71 Å². The first-order valence-corrected chi connectivity index (χ1v) is 11.6. The van der Waals surface area contributed by atoms with Crippen molar-refractivity contribution in [1.29, 1.82) is 0 Å². The lowest BCUT2D eigenvalue weighted by atomic mass is 9.99. The molecule has 4 aliphatic heterocycles. The maximum absolute atomic E-state index is 6.19. The summed E-state index contributed by atoms with van der Waals surface area (Å²) in [6.45, 7) is 7.65. The standard InChI is InChI=1S/C24H33NO10/c1-23(2)31-19-16(30-22-21(20(19)32-23)33-24(3,4)34-22)11-29-17-10-13(25-35-17)12-8-14(26-5)18(28-7)15(9-12)27-6/h8-9,16-17,19-22H,10-11H2,1-7H3/t16-,17-,19+,20+,21-,22-/m1/s1. The van der Waals surface area contributed by atoms with Crippen LogP contribution in [0.5, 0.6) is 17.2 Å². The van der Waals surface area contributed by atoms with Crippen LogP contribution in [0.3, 0.4) is 0 Å². The van der Waals surface area contributed by atoms with Gasteiger partial charge in [-0.15, -0.1) is 0 Å². The van der Waals surface area contributed by atoms with Gasteiger partial charge in [-0.3, -0.25) is 0 Å². The molecule has 3 fully saturated rings.